The highest BCUT2D eigenvalue weighted by Gasteiger charge is 2.23. The molecule has 1 aliphatic rings. The maximum Gasteiger partial charge on any atom is 0.404 e. The molecule has 7 nitrogen and oxygen atoms in total. The number of benzene rings is 1. The third-order valence-electron chi connectivity index (χ3n) is 5.31. The van der Waals surface area contributed by atoms with Gasteiger partial charge in [0, 0.05) is 11.8 Å². The Morgan fingerprint density at radius 1 is 1.15 bits per heavy atom. The Morgan fingerprint density at radius 3 is 2.70 bits per heavy atom. The average molecular weight is 365 g/mol. The van der Waals surface area contributed by atoms with Crippen LogP contribution in [0.5, 0.6) is 0 Å². The Bertz CT molecular complexity index is 931. The highest BCUT2D eigenvalue weighted by atomic mass is 16.5. The molecule has 27 heavy (non-hydrogen) atoms. The molecule has 0 spiro atoms. The molecule has 1 saturated carbocycles. The molecule has 3 aromatic rings. The zero-order valence-electron chi connectivity index (χ0n) is 15.1. The molecule has 0 aliphatic heterocycles. The summed E-state index contributed by atoms with van der Waals surface area (Å²) in [4.78, 5) is 19.8. The van der Waals surface area contributed by atoms with Crippen LogP contribution in [0.1, 0.15) is 38.1 Å². The van der Waals surface area contributed by atoms with Gasteiger partial charge in [0.25, 0.3) is 0 Å². The summed E-state index contributed by atoms with van der Waals surface area (Å²) in [6, 6.07) is 8.27. The number of aromatic nitrogens is 4. The fraction of sp³-hybridized carbons (Fsp3) is 0.400. The van der Waals surface area contributed by atoms with Crippen molar-refractivity contribution in [2.45, 2.75) is 38.1 Å². The van der Waals surface area contributed by atoms with Gasteiger partial charge in [-0.25, -0.2) is 9.78 Å². The lowest BCUT2D eigenvalue weighted by atomic mass is 9.84. The van der Waals surface area contributed by atoms with Crippen LogP contribution in [-0.2, 0) is 4.74 Å². The number of amides is 1. The number of rotatable bonds is 5. The Morgan fingerprint density at radius 2 is 1.93 bits per heavy atom. The van der Waals surface area contributed by atoms with Gasteiger partial charge in [-0.1, -0.05) is 12.1 Å². The van der Waals surface area contributed by atoms with E-state index in [-0.39, 0.29) is 0 Å². The largest absolute Gasteiger partial charge is 0.450 e. The van der Waals surface area contributed by atoms with Crippen LogP contribution in [0.25, 0.3) is 22.3 Å². The minimum absolute atomic E-state index is 0.403. The Labute approximate surface area is 157 Å². The van der Waals surface area contributed by atoms with Gasteiger partial charge < -0.3 is 10.5 Å². The summed E-state index contributed by atoms with van der Waals surface area (Å²) in [5.74, 6) is 0.585. The van der Waals surface area contributed by atoms with E-state index in [9.17, 15) is 4.79 Å². The van der Waals surface area contributed by atoms with Crippen molar-refractivity contribution in [2.75, 3.05) is 6.61 Å². The lowest BCUT2D eigenvalue weighted by Gasteiger charge is -2.28. The van der Waals surface area contributed by atoms with E-state index in [4.69, 9.17) is 15.5 Å². The predicted molar refractivity (Wildman–Crippen MR) is 102 cm³/mol. The van der Waals surface area contributed by atoms with Crippen LogP contribution in [0.3, 0.4) is 0 Å². The van der Waals surface area contributed by atoms with Gasteiger partial charge in [0.1, 0.15) is 0 Å². The fourth-order valence-corrected chi connectivity index (χ4v) is 3.79. The van der Waals surface area contributed by atoms with Gasteiger partial charge >= 0.3 is 6.09 Å². The highest BCUT2D eigenvalue weighted by Crippen LogP contribution is 2.34. The summed E-state index contributed by atoms with van der Waals surface area (Å²) in [7, 11) is 0. The van der Waals surface area contributed by atoms with Crippen LogP contribution >= 0.6 is 0 Å². The number of para-hydroxylation sites is 2. The van der Waals surface area contributed by atoms with Gasteiger partial charge in [0.2, 0.25) is 0 Å². The van der Waals surface area contributed by atoms with Crippen molar-refractivity contribution in [1.82, 2.24) is 19.7 Å². The van der Waals surface area contributed by atoms with Crippen molar-refractivity contribution >= 4 is 17.1 Å². The van der Waals surface area contributed by atoms with Crippen LogP contribution in [0, 0.1) is 5.92 Å². The molecule has 2 heterocycles. The SMILES string of the molecule is NC(=O)OCCC1CCC(n2cc(-c3cnc4ccccc4n3)cn2)CC1. The molecule has 1 aromatic carbocycles. The molecule has 0 saturated heterocycles. The molecular formula is C20H23N5O2. The number of ether oxygens (including phenoxy) is 1. The summed E-state index contributed by atoms with van der Waals surface area (Å²) in [5, 5.41) is 4.57. The maximum absolute atomic E-state index is 10.6. The minimum atomic E-state index is -0.690. The number of primary amides is 1. The van der Waals surface area contributed by atoms with E-state index in [1.54, 1.807) is 6.20 Å². The van der Waals surface area contributed by atoms with Crippen LogP contribution < -0.4 is 5.73 Å². The number of nitrogens with two attached hydrogens (primary N) is 1. The predicted octanol–water partition coefficient (Wildman–Crippen LogP) is 3.71. The zero-order chi connectivity index (χ0) is 18.6. The number of fused-ring (bicyclic) bond motifs is 1. The lowest BCUT2D eigenvalue weighted by molar-refractivity contribution is 0.140. The molecule has 7 heteroatoms. The molecule has 4 rings (SSSR count). The van der Waals surface area contributed by atoms with E-state index >= 15 is 0 Å². The van der Waals surface area contributed by atoms with Crippen molar-refractivity contribution in [3.63, 3.8) is 0 Å². The van der Waals surface area contributed by atoms with E-state index in [0.29, 0.717) is 18.6 Å². The molecule has 140 valence electrons. The van der Waals surface area contributed by atoms with Gasteiger partial charge in [-0.15, -0.1) is 0 Å². The number of carbonyl (C=O) groups is 1. The van der Waals surface area contributed by atoms with Crippen molar-refractivity contribution in [1.29, 1.82) is 0 Å². The number of hydrogen-bond donors (Lipinski definition) is 1. The molecule has 1 fully saturated rings. The summed E-state index contributed by atoms with van der Waals surface area (Å²) in [6.45, 7) is 0.414. The van der Waals surface area contributed by atoms with Crippen molar-refractivity contribution in [3.05, 3.63) is 42.9 Å². The van der Waals surface area contributed by atoms with Crippen LogP contribution in [0.4, 0.5) is 4.79 Å². The Balaban J connectivity index is 1.39. The van der Waals surface area contributed by atoms with Gasteiger partial charge in [0.05, 0.1) is 41.8 Å². The number of nitrogens with zero attached hydrogens (tertiary/aromatic N) is 4. The first-order valence-electron chi connectivity index (χ1n) is 9.37. The maximum atomic E-state index is 10.6. The zero-order valence-corrected chi connectivity index (χ0v) is 15.1. The quantitative estimate of drug-likeness (QED) is 0.743. The van der Waals surface area contributed by atoms with Crippen molar-refractivity contribution in [2.24, 2.45) is 11.7 Å². The van der Waals surface area contributed by atoms with Crippen LogP contribution in [-0.4, -0.2) is 32.4 Å². The molecule has 0 radical (unpaired) electrons. The van der Waals surface area contributed by atoms with E-state index in [1.807, 2.05) is 30.5 Å². The highest BCUT2D eigenvalue weighted by molar-refractivity contribution is 5.76. The summed E-state index contributed by atoms with van der Waals surface area (Å²) in [6.07, 6.45) is 10.3. The standard InChI is InChI=1S/C20H23N5O2/c21-20(26)27-10-9-14-5-7-16(8-6-14)25-13-15(11-23-25)19-12-22-17-3-1-2-4-18(17)24-19/h1-4,11-14,16H,5-10H2,(H2,21,26). The smallest absolute Gasteiger partial charge is 0.404 e. The molecule has 2 aromatic heterocycles. The molecule has 1 aliphatic carbocycles. The van der Waals surface area contributed by atoms with Gasteiger partial charge in [0.15, 0.2) is 0 Å². The summed E-state index contributed by atoms with van der Waals surface area (Å²) >= 11 is 0. The third-order valence-corrected chi connectivity index (χ3v) is 5.31. The molecule has 0 unspecified atom stereocenters. The molecule has 1 amide bonds. The third kappa shape index (κ3) is 4.07. The number of hydrogen-bond acceptors (Lipinski definition) is 5. The fourth-order valence-electron chi connectivity index (χ4n) is 3.79. The topological polar surface area (TPSA) is 95.9 Å². The van der Waals surface area contributed by atoms with E-state index in [0.717, 1.165) is 54.4 Å². The van der Waals surface area contributed by atoms with E-state index < -0.39 is 6.09 Å². The lowest BCUT2D eigenvalue weighted by Crippen LogP contribution is -2.21. The first-order chi connectivity index (χ1) is 13.2. The second-order valence-electron chi connectivity index (χ2n) is 7.08. The van der Waals surface area contributed by atoms with E-state index in [1.165, 1.54) is 0 Å². The summed E-state index contributed by atoms with van der Waals surface area (Å²) in [5.41, 5.74) is 8.63. The summed E-state index contributed by atoms with van der Waals surface area (Å²) < 4.78 is 6.91. The average Bonchev–Trinajstić information content (AvgIpc) is 3.18. The minimum Gasteiger partial charge on any atom is -0.450 e. The molecule has 0 atom stereocenters. The first-order valence-corrected chi connectivity index (χ1v) is 9.37. The van der Waals surface area contributed by atoms with Gasteiger partial charge in [-0.3, -0.25) is 9.67 Å². The Hall–Kier alpha value is -2.96. The molecule has 0 bridgehead atoms. The van der Waals surface area contributed by atoms with Crippen LogP contribution in [0.2, 0.25) is 0 Å². The first kappa shape index (κ1) is 17.5. The van der Waals surface area contributed by atoms with Crippen LogP contribution in [0.15, 0.2) is 42.9 Å². The van der Waals surface area contributed by atoms with Gasteiger partial charge in [-0.2, -0.15) is 5.10 Å². The molecular weight excluding hydrogens is 342 g/mol. The van der Waals surface area contributed by atoms with Gasteiger partial charge in [-0.05, 0) is 50.2 Å². The van der Waals surface area contributed by atoms with Crippen molar-refractivity contribution < 1.29 is 9.53 Å². The number of carbonyl (C=O) groups excluding carboxylic acids is 1. The van der Waals surface area contributed by atoms with E-state index in [2.05, 4.69) is 21.0 Å². The second-order valence-corrected chi connectivity index (χ2v) is 7.08. The normalized spacial score (nSPS) is 19.9. The molecule has 2 N–H and O–H groups in total. The Kier molecular flexibility index (Phi) is 5.00. The monoisotopic (exact) mass is 365 g/mol. The second kappa shape index (κ2) is 7.73. The van der Waals surface area contributed by atoms with Crippen molar-refractivity contribution in [3.8, 4) is 11.3 Å².